The Balaban J connectivity index is 2.08. The zero-order valence-electron chi connectivity index (χ0n) is 10.1. The molecule has 0 radical (unpaired) electrons. The molecule has 0 spiro atoms. The van der Waals surface area contributed by atoms with Crippen LogP contribution in [0.25, 0.3) is 0 Å². The van der Waals surface area contributed by atoms with Gasteiger partial charge in [0.15, 0.2) is 0 Å². The van der Waals surface area contributed by atoms with Crippen LogP contribution in [0.3, 0.4) is 0 Å². The third-order valence-corrected chi connectivity index (χ3v) is 3.17. The Bertz CT molecular complexity index is 143. The van der Waals surface area contributed by atoms with Crippen molar-refractivity contribution in [2.45, 2.75) is 58.5 Å². The first kappa shape index (κ1) is 12.0. The van der Waals surface area contributed by atoms with E-state index in [0.29, 0.717) is 0 Å². The Hall–Kier alpha value is -0.0800. The highest BCUT2D eigenvalue weighted by Gasteiger charge is 2.30. The molecule has 1 unspecified atom stereocenters. The summed E-state index contributed by atoms with van der Waals surface area (Å²) >= 11 is 0. The minimum atomic E-state index is 0.783. The van der Waals surface area contributed by atoms with E-state index in [-0.39, 0.29) is 0 Å². The van der Waals surface area contributed by atoms with Crippen LogP contribution in [-0.4, -0.2) is 36.6 Å². The van der Waals surface area contributed by atoms with Crippen LogP contribution in [0.2, 0.25) is 0 Å². The summed E-state index contributed by atoms with van der Waals surface area (Å²) in [5.74, 6) is 0. The molecular formula is C12H26N2. The van der Waals surface area contributed by atoms with Crippen molar-refractivity contribution in [3.05, 3.63) is 0 Å². The summed E-state index contributed by atoms with van der Waals surface area (Å²) in [6.07, 6.45) is 5.53. The minimum Gasteiger partial charge on any atom is -0.317 e. The maximum atomic E-state index is 3.39. The van der Waals surface area contributed by atoms with E-state index in [9.17, 15) is 0 Å². The van der Waals surface area contributed by atoms with Crippen LogP contribution in [0.15, 0.2) is 0 Å². The maximum Gasteiger partial charge on any atom is 0.00991 e. The second-order valence-corrected chi connectivity index (χ2v) is 4.41. The van der Waals surface area contributed by atoms with E-state index in [1.807, 2.05) is 0 Å². The van der Waals surface area contributed by atoms with Gasteiger partial charge >= 0.3 is 0 Å². The van der Waals surface area contributed by atoms with Crippen molar-refractivity contribution in [2.75, 3.05) is 19.6 Å². The van der Waals surface area contributed by atoms with Crippen LogP contribution >= 0.6 is 0 Å². The number of hydrogen-bond acceptors (Lipinski definition) is 2. The van der Waals surface area contributed by atoms with E-state index in [2.05, 4.69) is 31.0 Å². The van der Waals surface area contributed by atoms with E-state index in [4.69, 9.17) is 0 Å². The molecule has 0 saturated heterocycles. The van der Waals surface area contributed by atoms with Crippen LogP contribution in [0.5, 0.6) is 0 Å². The van der Waals surface area contributed by atoms with Gasteiger partial charge in [-0.15, -0.1) is 0 Å². The lowest BCUT2D eigenvalue weighted by Crippen LogP contribution is -2.35. The quantitative estimate of drug-likeness (QED) is 0.602. The van der Waals surface area contributed by atoms with Gasteiger partial charge in [-0.25, -0.2) is 0 Å². The molecule has 2 nitrogen and oxygen atoms in total. The van der Waals surface area contributed by atoms with Gasteiger partial charge in [-0.1, -0.05) is 13.8 Å². The van der Waals surface area contributed by atoms with Crippen molar-refractivity contribution >= 4 is 0 Å². The lowest BCUT2D eigenvalue weighted by molar-refractivity contribution is 0.197. The second-order valence-electron chi connectivity index (χ2n) is 4.41. The van der Waals surface area contributed by atoms with Crippen LogP contribution in [0.4, 0.5) is 0 Å². The van der Waals surface area contributed by atoms with Gasteiger partial charge in [0.25, 0.3) is 0 Å². The van der Waals surface area contributed by atoms with Gasteiger partial charge in [0.05, 0.1) is 0 Å². The van der Waals surface area contributed by atoms with E-state index < -0.39 is 0 Å². The normalized spacial score (nSPS) is 18.9. The second kappa shape index (κ2) is 6.41. The largest absolute Gasteiger partial charge is 0.317 e. The minimum absolute atomic E-state index is 0.783. The molecule has 2 heteroatoms. The molecule has 1 saturated carbocycles. The van der Waals surface area contributed by atoms with E-state index >= 15 is 0 Å². The summed E-state index contributed by atoms with van der Waals surface area (Å²) < 4.78 is 0. The highest BCUT2D eigenvalue weighted by molar-refractivity contribution is 4.86. The molecule has 1 fully saturated rings. The van der Waals surface area contributed by atoms with Crippen LogP contribution in [-0.2, 0) is 0 Å². The number of hydrogen-bond donors (Lipinski definition) is 1. The molecule has 84 valence electrons. The Labute approximate surface area is 89.1 Å². The fourth-order valence-electron chi connectivity index (χ4n) is 2.20. The van der Waals surface area contributed by atoms with Gasteiger partial charge < -0.3 is 5.32 Å². The molecule has 1 rings (SSSR count). The highest BCUT2D eigenvalue weighted by Crippen LogP contribution is 2.29. The van der Waals surface area contributed by atoms with Crippen molar-refractivity contribution < 1.29 is 0 Å². The molecule has 1 atom stereocenters. The Morgan fingerprint density at radius 2 is 2.07 bits per heavy atom. The SMILES string of the molecule is CCNCCCC(C)N(CC)C1CC1. The summed E-state index contributed by atoms with van der Waals surface area (Å²) in [5.41, 5.74) is 0. The van der Waals surface area contributed by atoms with Gasteiger partial charge in [-0.2, -0.15) is 0 Å². The van der Waals surface area contributed by atoms with Crippen molar-refractivity contribution in [1.29, 1.82) is 0 Å². The predicted molar refractivity (Wildman–Crippen MR) is 62.6 cm³/mol. The first-order valence-electron chi connectivity index (χ1n) is 6.26. The predicted octanol–water partition coefficient (Wildman–Crippen LogP) is 2.25. The summed E-state index contributed by atoms with van der Waals surface area (Å²) in [4.78, 5) is 2.67. The number of rotatable bonds is 8. The van der Waals surface area contributed by atoms with E-state index in [0.717, 1.165) is 18.6 Å². The van der Waals surface area contributed by atoms with Gasteiger partial charge in [-0.3, -0.25) is 4.90 Å². The summed E-state index contributed by atoms with van der Waals surface area (Å²) in [5, 5.41) is 3.39. The lowest BCUT2D eigenvalue weighted by Gasteiger charge is -2.27. The van der Waals surface area contributed by atoms with Crippen molar-refractivity contribution in [1.82, 2.24) is 10.2 Å². The molecule has 0 amide bonds. The highest BCUT2D eigenvalue weighted by atomic mass is 15.2. The molecule has 1 N–H and O–H groups in total. The van der Waals surface area contributed by atoms with Crippen molar-refractivity contribution in [2.24, 2.45) is 0 Å². The van der Waals surface area contributed by atoms with Crippen LogP contribution < -0.4 is 5.32 Å². The third kappa shape index (κ3) is 3.97. The monoisotopic (exact) mass is 198 g/mol. The topological polar surface area (TPSA) is 15.3 Å². The molecule has 14 heavy (non-hydrogen) atoms. The Morgan fingerprint density at radius 3 is 2.57 bits per heavy atom. The summed E-state index contributed by atoms with van der Waals surface area (Å²) in [6, 6.07) is 1.71. The van der Waals surface area contributed by atoms with Crippen LogP contribution in [0.1, 0.15) is 46.5 Å². The van der Waals surface area contributed by atoms with Gasteiger partial charge in [0, 0.05) is 12.1 Å². The average molecular weight is 198 g/mol. The van der Waals surface area contributed by atoms with E-state index in [1.165, 1.54) is 38.8 Å². The number of nitrogens with zero attached hydrogens (tertiary/aromatic N) is 1. The zero-order valence-corrected chi connectivity index (χ0v) is 10.1. The average Bonchev–Trinajstić information content (AvgIpc) is 2.98. The third-order valence-electron chi connectivity index (χ3n) is 3.17. The van der Waals surface area contributed by atoms with Gasteiger partial charge in [-0.05, 0) is 52.2 Å². The molecule has 1 aliphatic carbocycles. The maximum absolute atomic E-state index is 3.39. The molecule has 0 aliphatic heterocycles. The molecule has 0 heterocycles. The Kier molecular flexibility index (Phi) is 5.49. The van der Waals surface area contributed by atoms with Gasteiger partial charge in [0.2, 0.25) is 0 Å². The van der Waals surface area contributed by atoms with Crippen molar-refractivity contribution in [3.63, 3.8) is 0 Å². The molecule has 1 aliphatic rings. The fraction of sp³-hybridized carbons (Fsp3) is 1.00. The van der Waals surface area contributed by atoms with Crippen LogP contribution in [0, 0.1) is 0 Å². The molecule has 0 bridgehead atoms. The van der Waals surface area contributed by atoms with Crippen molar-refractivity contribution in [3.8, 4) is 0 Å². The zero-order chi connectivity index (χ0) is 10.4. The Morgan fingerprint density at radius 1 is 1.36 bits per heavy atom. The molecule has 0 aromatic heterocycles. The summed E-state index contributed by atoms with van der Waals surface area (Å²) in [6.45, 7) is 10.4. The molecule has 0 aromatic carbocycles. The molecule has 0 aromatic rings. The van der Waals surface area contributed by atoms with E-state index in [1.54, 1.807) is 0 Å². The first-order valence-corrected chi connectivity index (χ1v) is 6.26. The fourth-order valence-corrected chi connectivity index (χ4v) is 2.20. The smallest absolute Gasteiger partial charge is 0.00991 e. The standard InChI is InChI=1S/C12H26N2/c1-4-13-10-6-7-11(3)14(5-2)12-8-9-12/h11-13H,4-10H2,1-3H3. The van der Waals surface area contributed by atoms with Gasteiger partial charge in [0.1, 0.15) is 0 Å². The molecular weight excluding hydrogens is 172 g/mol. The summed E-state index contributed by atoms with van der Waals surface area (Å²) in [7, 11) is 0. The number of nitrogens with one attached hydrogen (secondary N) is 1. The lowest BCUT2D eigenvalue weighted by atomic mass is 10.1. The first-order chi connectivity index (χ1) is 6.79.